The summed E-state index contributed by atoms with van der Waals surface area (Å²) in [5.74, 6) is 0. The van der Waals surface area contributed by atoms with Crippen LogP contribution in [0.1, 0.15) is 44.1 Å². The van der Waals surface area contributed by atoms with Crippen LogP contribution in [-0.2, 0) is 11.2 Å². The molecule has 0 aromatic heterocycles. The standard InChI is InChI=1S/C18H27NO/c1-2-8-16(9-3-1)12-15-20-18-11-5-4-10-17(18)19-13-6-7-14-19/h1-3,8-9,17-18H,4-7,10-15H2/t17?,18-/m0/s1. The molecule has 1 aromatic rings. The molecule has 2 fully saturated rings. The average molecular weight is 273 g/mol. The highest BCUT2D eigenvalue weighted by atomic mass is 16.5. The van der Waals surface area contributed by atoms with Crippen molar-refractivity contribution in [2.45, 2.75) is 57.1 Å². The zero-order valence-corrected chi connectivity index (χ0v) is 12.5. The molecule has 2 heteroatoms. The Bertz CT molecular complexity index is 386. The molecule has 1 saturated carbocycles. The fourth-order valence-electron chi connectivity index (χ4n) is 3.74. The Morgan fingerprint density at radius 3 is 2.50 bits per heavy atom. The smallest absolute Gasteiger partial charge is 0.0730 e. The van der Waals surface area contributed by atoms with Gasteiger partial charge in [-0.2, -0.15) is 0 Å². The Balaban J connectivity index is 1.49. The molecule has 2 atom stereocenters. The molecular weight excluding hydrogens is 246 g/mol. The lowest BCUT2D eigenvalue weighted by atomic mass is 9.91. The number of likely N-dealkylation sites (tertiary alicyclic amines) is 1. The second kappa shape index (κ2) is 7.24. The molecule has 3 rings (SSSR count). The summed E-state index contributed by atoms with van der Waals surface area (Å²) in [7, 11) is 0. The highest BCUT2D eigenvalue weighted by Gasteiger charge is 2.31. The first-order chi connectivity index (χ1) is 9.93. The van der Waals surface area contributed by atoms with Crippen molar-refractivity contribution in [1.82, 2.24) is 4.90 Å². The van der Waals surface area contributed by atoms with E-state index in [0.717, 1.165) is 13.0 Å². The summed E-state index contributed by atoms with van der Waals surface area (Å²) in [6.07, 6.45) is 9.63. The van der Waals surface area contributed by atoms with Crippen molar-refractivity contribution in [3.63, 3.8) is 0 Å². The molecule has 1 heterocycles. The molecule has 0 radical (unpaired) electrons. The highest BCUT2D eigenvalue weighted by molar-refractivity contribution is 5.14. The molecule has 110 valence electrons. The van der Waals surface area contributed by atoms with Crippen LogP contribution in [0.3, 0.4) is 0 Å². The van der Waals surface area contributed by atoms with E-state index in [1.807, 2.05) is 0 Å². The summed E-state index contributed by atoms with van der Waals surface area (Å²) in [5.41, 5.74) is 1.39. The zero-order valence-electron chi connectivity index (χ0n) is 12.5. The van der Waals surface area contributed by atoms with E-state index in [-0.39, 0.29) is 0 Å². The molecule has 1 aliphatic heterocycles. The van der Waals surface area contributed by atoms with Crippen LogP contribution < -0.4 is 0 Å². The first-order valence-corrected chi connectivity index (χ1v) is 8.33. The van der Waals surface area contributed by atoms with Gasteiger partial charge in [-0.1, -0.05) is 43.2 Å². The van der Waals surface area contributed by atoms with Gasteiger partial charge in [0.05, 0.1) is 12.7 Å². The normalized spacial score (nSPS) is 27.8. The average Bonchev–Trinajstić information content (AvgIpc) is 3.03. The quantitative estimate of drug-likeness (QED) is 0.812. The molecule has 2 nitrogen and oxygen atoms in total. The second-order valence-corrected chi connectivity index (χ2v) is 6.24. The van der Waals surface area contributed by atoms with Crippen LogP contribution in [0.25, 0.3) is 0 Å². The maximum absolute atomic E-state index is 6.27. The molecule has 20 heavy (non-hydrogen) atoms. The summed E-state index contributed by atoms with van der Waals surface area (Å²) in [5, 5.41) is 0. The minimum Gasteiger partial charge on any atom is -0.376 e. The van der Waals surface area contributed by atoms with Crippen molar-refractivity contribution in [3.05, 3.63) is 35.9 Å². The summed E-state index contributed by atoms with van der Waals surface area (Å²) in [4.78, 5) is 2.69. The van der Waals surface area contributed by atoms with Crippen LogP contribution in [0.4, 0.5) is 0 Å². The Hall–Kier alpha value is -0.860. The van der Waals surface area contributed by atoms with Gasteiger partial charge in [0, 0.05) is 6.04 Å². The van der Waals surface area contributed by atoms with Crippen molar-refractivity contribution < 1.29 is 4.74 Å². The van der Waals surface area contributed by atoms with E-state index in [1.54, 1.807) is 0 Å². The number of rotatable bonds is 5. The van der Waals surface area contributed by atoms with Gasteiger partial charge in [0.2, 0.25) is 0 Å². The number of nitrogens with zero attached hydrogens (tertiary/aromatic N) is 1. The lowest BCUT2D eigenvalue weighted by Crippen LogP contribution is -2.45. The maximum Gasteiger partial charge on any atom is 0.0730 e. The predicted molar refractivity (Wildman–Crippen MR) is 82.9 cm³/mol. The predicted octanol–water partition coefficient (Wildman–Crippen LogP) is 3.65. The minimum absolute atomic E-state index is 0.477. The van der Waals surface area contributed by atoms with E-state index in [2.05, 4.69) is 35.2 Å². The molecule has 1 aliphatic carbocycles. The number of benzene rings is 1. The van der Waals surface area contributed by atoms with Gasteiger partial charge >= 0.3 is 0 Å². The molecule has 1 aromatic carbocycles. The van der Waals surface area contributed by atoms with E-state index in [4.69, 9.17) is 4.74 Å². The second-order valence-electron chi connectivity index (χ2n) is 6.24. The van der Waals surface area contributed by atoms with Crippen molar-refractivity contribution in [2.75, 3.05) is 19.7 Å². The fraction of sp³-hybridized carbons (Fsp3) is 0.667. The molecular formula is C18H27NO. The highest BCUT2D eigenvalue weighted by Crippen LogP contribution is 2.28. The maximum atomic E-state index is 6.27. The fourth-order valence-corrected chi connectivity index (χ4v) is 3.74. The van der Waals surface area contributed by atoms with E-state index in [0.29, 0.717) is 12.1 Å². The van der Waals surface area contributed by atoms with Gasteiger partial charge in [-0.25, -0.2) is 0 Å². The van der Waals surface area contributed by atoms with Gasteiger partial charge < -0.3 is 4.74 Å². The lowest BCUT2D eigenvalue weighted by Gasteiger charge is -2.37. The summed E-state index contributed by atoms with van der Waals surface area (Å²) in [6, 6.07) is 11.4. The van der Waals surface area contributed by atoms with E-state index >= 15 is 0 Å². The van der Waals surface area contributed by atoms with Crippen LogP contribution in [0.15, 0.2) is 30.3 Å². The molecule has 0 N–H and O–H groups in total. The summed E-state index contributed by atoms with van der Waals surface area (Å²) in [6.45, 7) is 3.46. The van der Waals surface area contributed by atoms with E-state index in [9.17, 15) is 0 Å². The number of hydrogen-bond donors (Lipinski definition) is 0. The van der Waals surface area contributed by atoms with Crippen LogP contribution in [0, 0.1) is 0 Å². The Morgan fingerprint density at radius 2 is 1.70 bits per heavy atom. The lowest BCUT2D eigenvalue weighted by molar-refractivity contribution is -0.0290. The summed E-state index contributed by atoms with van der Waals surface area (Å²) >= 11 is 0. The number of ether oxygens (including phenoxy) is 1. The van der Waals surface area contributed by atoms with Crippen molar-refractivity contribution >= 4 is 0 Å². The van der Waals surface area contributed by atoms with Crippen LogP contribution in [0.5, 0.6) is 0 Å². The van der Waals surface area contributed by atoms with E-state index < -0.39 is 0 Å². The van der Waals surface area contributed by atoms with Crippen LogP contribution in [0.2, 0.25) is 0 Å². The molecule has 1 unspecified atom stereocenters. The third-order valence-corrected chi connectivity index (χ3v) is 4.84. The van der Waals surface area contributed by atoms with Crippen LogP contribution >= 0.6 is 0 Å². The minimum atomic E-state index is 0.477. The van der Waals surface area contributed by atoms with Gasteiger partial charge in [-0.05, 0) is 50.8 Å². The van der Waals surface area contributed by atoms with Crippen molar-refractivity contribution in [3.8, 4) is 0 Å². The molecule has 0 spiro atoms. The third kappa shape index (κ3) is 3.62. The van der Waals surface area contributed by atoms with Gasteiger partial charge in [-0.15, -0.1) is 0 Å². The molecule has 0 bridgehead atoms. The monoisotopic (exact) mass is 273 g/mol. The van der Waals surface area contributed by atoms with Gasteiger partial charge in [0.1, 0.15) is 0 Å². The molecule has 2 aliphatic rings. The largest absolute Gasteiger partial charge is 0.376 e. The van der Waals surface area contributed by atoms with E-state index in [1.165, 1.54) is 57.2 Å². The first-order valence-electron chi connectivity index (χ1n) is 8.33. The SMILES string of the molecule is c1ccc(CCO[C@H]2CCCCC2N2CCCC2)cc1. The molecule has 1 saturated heterocycles. The third-order valence-electron chi connectivity index (χ3n) is 4.84. The Kier molecular flexibility index (Phi) is 5.10. The topological polar surface area (TPSA) is 12.5 Å². The van der Waals surface area contributed by atoms with Gasteiger partial charge in [0.25, 0.3) is 0 Å². The molecule has 0 amide bonds. The summed E-state index contributed by atoms with van der Waals surface area (Å²) < 4.78 is 6.27. The Labute approximate surface area is 123 Å². The van der Waals surface area contributed by atoms with Crippen molar-refractivity contribution in [2.24, 2.45) is 0 Å². The first kappa shape index (κ1) is 14.1. The van der Waals surface area contributed by atoms with Gasteiger partial charge in [0.15, 0.2) is 0 Å². The zero-order chi connectivity index (χ0) is 13.6. The van der Waals surface area contributed by atoms with Gasteiger partial charge in [-0.3, -0.25) is 4.90 Å². The Morgan fingerprint density at radius 1 is 0.950 bits per heavy atom. The number of hydrogen-bond acceptors (Lipinski definition) is 2. The van der Waals surface area contributed by atoms with Crippen molar-refractivity contribution in [1.29, 1.82) is 0 Å². The van der Waals surface area contributed by atoms with Crippen LogP contribution in [-0.4, -0.2) is 36.7 Å².